The maximum absolute atomic E-state index is 5.54. The van der Waals surface area contributed by atoms with Gasteiger partial charge in [0.05, 0.1) is 5.69 Å². The fourth-order valence-electron chi connectivity index (χ4n) is 1.27. The molecule has 2 rings (SSSR count). The van der Waals surface area contributed by atoms with Gasteiger partial charge in [-0.3, -0.25) is 9.97 Å². The fraction of sp³-hybridized carbons (Fsp3) is 0.0909. The van der Waals surface area contributed by atoms with Crippen molar-refractivity contribution >= 4 is 0 Å². The van der Waals surface area contributed by atoms with Crippen LogP contribution in [0.1, 0.15) is 5.56 Å². The van der Waals surface area contributed by atoms with E-state index in [-0.39, 0.29) is 0 Å². The first kappa shape index (κ1) is 8.84. The van der Waals surface area contributed by atoms with Crippen molar-refractivity contribution in [2.24, 2.45) is 5.73 Å². The van der Waals surface area contributed by atoms with E-state index < -0.39 is 0 Å². The molecular weight excluding hydrogens is 174 g/mol. The standard InChI is InChI=1S/C11H11N3/c12-6-9-5-10(8-13-7-9)11-3-1-2-4-14-11/h1-5,7-8H,6,12H2. The number of hydrogen-bond donors (Lipinski definition) is 1. The van der Waals surface area contributed by atoms with Crippen LogP contribution < -0.4 is 5.73 Å². The van der Waals surface area contributed by atoms with Crippen molar-refractivity contribution in [3.8, 4) is 11.3 Å². The Balaban J connectivity index is 2.42. The zero-order valence-corrected chi connectivity index (χ0v) is 7.72. The third kappa shape index (κ3) is 1.78. The molecule has 2 aromatic rings. The van der Waals surface area contributed by atoms with Crippen molar-refractivity contribution in [2.45, 2.75) is 6.54 Å². The van der Waals surface area contributed by atoms with E-state index in [0.717, 1.165) is 16.8 Å². The highest BCUT2D eigenvalue weighted by Crippen LogP contribution is 2.15. The van der Waals surface area contributed by atoms with Crippen molar-refractivity contribution in [3.63, 3.8) is 0 Å². The Morgan fingerprint density at radius 2 is 2.14 bits per heavy atom. The second-order valence-corrected chi connectivity index (χ2v) is 3.00. The van der Waals surface area contributed by atoms with E-state index >= 15 is 0 Å². The van der Waals surface area contributed by atoms with Gasteiger partial charge in [0.15, 0.2) is 0 Å². The summed E-state index contributed by atoms with van der Waals surface area (Å²) in [6.07, 6.45) is 5.33. The minimum Gasteiger partial charge on any atom is -0.326 e. The Kier molecular flexibility index (Phi) is 2.51. The molecule has 0 unspecified atom stereocenters. The molecule has 2 aromatic heterocycles. The molecule has 70 valence electrons. The van der Waals surface area contributed by atoms with Crippen LogP contribution in [0.5, 0.6) is 0 Å². The van der Waals surface area contributed by atoms with Crippen molar-refractivity contribution < 1.29 is 0 Å². The summed E-state index contributed by atoms with van der Waals surface area (Å²) in [5.41, 5.74) is 8.49. The molecule has 0 spiro atoms. The van der Waals surface area contributed by atoms with Gasteiger partial charge >= 0.3 is 0 Å². The molecule has 0 aliphatic heterocycles. The van der Waals surface area contributed by atoms with E-state index in [9.17, 15) is 0 Å². The fourth-order valence-corrected chi connectivity index (χ4v) is 1.27. The van der Waals surface area contributed by atoms with Crippen LogP contribution in [0.4, 0.5) is 0 Å². The quantitative estimate of drug-likeness (QED) is 0.773. The van der Waals surface area contributed by atoms with Crippen LogP contribution in [0.15, 0.2) is 42.9 Å². The monoisotopic (exact) mass is 185 g/mol. The average Bonchev–Trinajstić information content (AvgIpc) is 2.30. The molecule has 0 aliphatic rings. The molecule has 0 amide bonds. The van der Waals surface area contributed by atoms with Crippen molar-refractivity contribution in [1.29, 1.82) is 0 Å². The van der Waals surface area contributed by atoms with E-state index in [1.165, 1.54) is 0 Å². The van der Waals surface area contributed by atoms with E-state index in [2.05, 4.69) is 9.97 Å². The molecule has 14 heavy (non-hydrogen) atoms. The Hall–Kier alpha value is -1.74. The van der Waals surface area contributed by atoms with E-state index in [0.29, 0.717) is 6.54 Å². The highest BCUT2D eigenvalue weighted by molar-refractivity contribution is 5.58. The first-order chi connectivity index (χ1) is 6.90. The van der Waals surface area contributed by atoms with Gasteiger partial charge in [0, 0.05) is 30.7 Å². The third-order valence-corrected chi connectivity index (χ3v) is 1.99. The zero-order chi connectivity index (χ0) is 9.80. The van der Waals surface area contributed by atoms with Crippen LogP contribution in [-0.2, 0) is 6.54 Å². The van der Waals surface area contributed by atoms with Crippen LogP contribution >= 0.6 is 0 Å². The molecule has 2 N–H and O–H groups in total. The minimum absolute atomic E-state index is 0.508. The molecule has 0 saturated heterocycles. The first-order valence-corrected chi connectivity index (χ1v) is 4.45. The lowest BCUT2D eigenvalue weighted by molar-refractivity contribution is 1.05. The molecule has 0 fully saturated rings. The average molecular weight is 185 g/mol. The molecule has 3 nitrogen and oxygen atoms in total. The van der Waals surface area contributed by atoms with Gasteiger partial charge in [-0.15, -0.1) is 0 Å². The lowest BCUT2D eigenvalue weighted by Crippen LogP contribution is -1.97. The number of hydrogen-bond acceptors (Lipinski definition) is 3. The molecule has 0 saturated carbocycles. The largest absolute Gasteiger partial charge is 0.326 e. The van der Waals surface area contributed by atoms with E-state index in [1.54, 1.807) is 18.6 Å². The molecule has 0 radical (unpaired) electrons. The van der Waals surface area contributed by atoms with Gasteiger partial charge in [-0.25, -0.2) is 0 Å². The van der Waals surface area contributed by atoms with Crippen molar-refractivity contribution in [1.82, 2.24) is 9.97 Å². The van der Waals surface area contributed by atoms with Gasteiger partial charge in [-0.05, 0) is 23.8 Å². The Morgan fingerprint density at radius 3 is 2.86 bits per heavy atom. The van der Waals surface area contributed by atoms with Gasteiger partial charge in [0.25, 0.3) is 0 Å². The molecular formula is C11H11N3. The van der Waals surface area contributed by atoms with Crippen LogP contribution in [0.25, 0.3) is 11.3 Å². The summed E-state index contributed by atoms with van der Waals surface area (Å²) in [5, 5.41) is 0. The summed E-state index contributed by atoms with van der Waals surface area (Å²) in [7, 11) is 0. The van der Waals surface area contributed by atoms with Gasteiger partial charge in [-0.1, -0.05) is 6.07 Å². The lowest BCUT2D eigenvalue weighted by Gasteiger charge is -2.01. The third-order valence-electron chi connectivity index (χ3n) is 1.99. The number of rotatable bonds is 2. The molecule has 3 heteroatoms. The summed E-state index contributed by atoms with van der Waals surface area (Å²) in [6.45, 7) is 0.508. The molecule has 0 atom stereocenters. The van der Waals surface area contributed by atoms with Crippen LogP contribution in [0.3, 0.4) is 0 Å². The molecule has 2 heterocycles. The summed E-state index contributed by atoms with van der Waals surface area (Å²) >= 11 is 0. The topological polar surface area (TPSA) is 51.8 Å². The lowest BCUT2D eigenvalue weighted by atomic mass is 10.1. The number of nitrogens with zero attached hydrogens (tertiary/aromatic N) is 2. The van der Waals surface area contributed by atoms with E-state index in [1.807, 2.05) is 24.3 Å². The predicted octanol–water partition coefficient (Wildman–Crippen LogP) is 1.60. The highest BCUT2D eigenvalue weighted by atomic mass is 14.7. The Labute approximate surface area is 82.6 Å². The van der Waals surface area contributed by atoms with Crippen LogP contribution in [0.2, 0.25) is 0 Å². The Morgan fingerprint density at radius 1 is 1.21 bits per heavy atom. The summed E-state index contributed by atoms with van der Waals surface area (Å²) in [4.78, 5) is 8.36. The van der Waals surface area contributed by atoms with Gasteiger partial charge in [0.2, 0.25) is 0 Å². The van der Waals surface area contributed by atoms with Crippen LogP contribution in [-0.4, -0.2) is 9.97 Å². The zero-order valence-electron chi connectivity index (χ0n) is 7.72. The SMILES string of the molecule is NCc1cncc(-c2ccccn2)c1. The molecule has 0 bridgehead atoms. The predicted molar refractivity (Wildman–Crippen MR) is 55.4 cm³/mol. The Bertz CT molecular complexity index is 412. The summed E-state index contributed by atoms with van der Waals surface area (Å²) in [5.74, 6) is 0. The van der Waals surface area contributed by atoms with Crippen molar-refractivity contribution in [3.05, 3.63) is 48.4 Å². The minimum atomic E-state index is 0.508. The second-order valence-electron chi connectivity index (χ2n) is 3.00. The maximum Gasteiger partial charge on any atom is 0.0717 e. The normalized spacial score (nSPS) is 10.1. The number of aromatic nitrogens is 2. The highest BCUT2D eigenvalue weighted by Gasteiger charge is 1.98. The van der Waals surface area contributed by atoms with E-state index in [4.69, 9.17) is 5.73 Å². The summed E-state index contributed by atoms with van der Waals surface area (Å²) in [6, 6.07) is 7.81. The molecule has 0 aliphatic carbocycles. The smallest absolute Gasteiger partial charge is 0.0717 e. The second kappa shape index (κ2) is 3.98. The number of pyridine rings is 2. The van der Waals surface area contributed by atoms with Gasteiger partial charge in [0.1, 0.15) is 0 Å². The van der Waals surface area contributed by atoms with Gasteiger partial charge in [-0.2, -0.15) is 0 Å². The number of nitrogens with two attached hydrogens (primary N) is 1. The maximum atomic E-state index is 5.54. The van der Waals surface area contributed by atoms with Gasteiger partial charge < -0.3 is 5.73 Å². The summed E-state index contributed by atoms with van der Waals surface area (Å²) < 4.78 is 0. The van der Waals surface area contributed by atoms with Crippen LogP contribution in [0, 0.1) is 0 Å². The first-order valence-electron chi connectivity index (χ1n) is 4.45. The molecule has 0 aromatic carbocycles. The van der Waals surface area contributed by atoms with Crippen molar-refractivity contribution in [2.75, 3.05) is 0 Å².